The number of carbonyl (C=O) groups is 1. The summed E-state index contributed by atoms with van der Waals surface area (Å²) in [4.78, 5) is 18.3. The maximum absolute atomic E-state index is 12.3. The van der Waals surface area contributed by atoms with Crippen molar-refractivity contribution in [2.75, 3.05) is 13.1 Å². The summed E-state index contributed by atoms with van der Waals surface area (Å²) in [6.07, 6.45) is 2.44. The second-order valence-corrected chi connectivity index (χ2v) is 6.24. The van der Waals surface area contributed by atoms with Crippen LogP contribution in [-0.4, -0.2) is 40.1 Å². The van der Waals surface area contributed by atoms with Crippen LogP contribution in [0.15, 0.2) is 41.2 Å². The zero-order valence-electron chi connectivity index (χ0n) is 11.7. The summed E-state index contributed by atoms with van der Waals surface area (Å²) in [5.41, 5.74) is 2.02. The molecular weight excluding hydrogens is 284 g/mol. The molecule has 0 aromatic carbocycles. The number of aliphatic hydroxyl groups is 1. The number of carbonyl (C=O) groups excluding carboxylic acids is 1. The minimum Gasteiger partial charge on any atom is -0.391 e. The van der Waals surface area contributed by atoms with Gasteiger partial charge in [0, 0.05) is 30.9 Å². The van der Waals surface area contributed by atoms with Crippen molar-refractivity contribution >= 4 is 17.2 Å². The minimum atomic E-state index is -0.460. The molecule has 0 saturated carbocycles. The van der Waals surface area contributed by atoms with Crippen LogP contribution in [0.3, 0.4) is 0 Å². The van der Waals surface area contributed by atoms with Gasteiger partial charge in [-0.3, -0.25) is 9.78 Å². The Hall–Kier alpha value is -1.72. The predicted octanol–water partition coefficient (Wildman–Crippen LogP) is 1.75. The number of aliphatic hydroxyl groups excluding tert-OH is 1. The summed E-state index contributed by atoms with van der Waals surface area (Å²) in [6, 6.07) is 7.76. The Morgan fingerprint density at radius 3 is 3.00 bits per heavy atom. The van der Waals surface area contributed by atoms with Crippen LogP contribution in [0.1, 0.15) is 11.3 Å². The molecule has 3 rings (SSSR count). The first-order valence-corrected chi connectivity index (χ1v) is 8.03. The largest absolute Gasteiger partial charge is 0.391 e. The number of β-amino-alcohol motifs (C(OH)–C–C–N with tert-alkyl or cyclic N) is 1. The summed E-state index contributed by atoms with van der Waals surface area (Å²) < 4.78 is 0. The third-order valence-corrected chi connectivity index (χ3v) is 4.62. The van der Waals surface area contributed by atoms with Crippen LogP contribution in [0.25, 0.3) is 0 Å². The highest BCUT2D eigenvalue weighted by Gasteiger charge is 2.34. The number of thiophene rings is 1. The van der Waals surface area contributed by atoms with E-state index in [4.69, 9.17) is 0 Å². The smallest absolute Gasteiger partial charge is 0.227 e. The standard InChI is InChI=1S/C16H18N2O2S/c19-15-10-18(16(20)7-12-4-6-21-11-12)9-13(15)8-14-3-1-2-5-17-14/h1-6,11,13,15,19H,7-10H2/t13-,15-/m1/s1. The third-order valence-electron chi connectivity index (χ3n) is 3.89. The van der Waals surface area contributed by atoms with Gasteiger partial charge in [0.25, 0.3) is 0 Å². The lowest BCUT2D eigenvalue weighted by atomic mass is 10.00. The molecule has 1 aliphatic heterocycles. The number of hydrogen-bond acceptors (Lipinski definition) is 4. The van der Waals surface area contributed by atoms with Crippen molar-refractivity contribution in [2.24, 2.45) is 5.92 Å². The molecule has 2 atom stereocenters. The Balaban J connectivity index is 1.59. The average Bonchev–Trinajstić information content (AvgIpc) is 3.11. The van der Waals surface area contributed by atoms with Crippen LogP contribution >= 0.6 is 11.3 Å². The zero-order chi connectivity index (χ0) is 14.7. The van der Waals surface area contributed by atoms with E-state index in [1.54, 1.807) is 22.4 Å². The highest BCUT2D eigenvalue weighted by Crippen LogP contribution is 2.22. The molecule has 0 bridgehead atoms. The van der Waals surface area contributed by atoms with Crippen LogP contribution in [-0.2, 0) is 17.6 Å². The van der Waals surface area contributed by atoms with Crippen molar-refractivity contribution in [1.29, 1.82) is 0 Å². The van der Waals surface area contributed by atoms with Gasteiger partial charge < -0.3 is 10.0 Å². The number of rotatable bonds is 4. The van der Waals surface area contributed by atoms with E-state index in [0.29, 0.717) is 25.9 Å². The fraction of sp³-hybridized carbons (Fsp3) is 0.375. The van der Waals surface area contributed by atoms with Crippen LogP contribution < -0.4 is 0 Å². The van der Waals surface area contributed by atoms with E-state index >= 15 is 0 Å². The molecule has 3 heterocycles. The van der Waals surface area contributed by atoms with Crippen molar-refractivity contribution in [3.05, 3.63) is 52.5 Å². The van der Waals surface area contributed by atoms with Crippen LogP contribution in [0.5, 0.6) is 0 Å². The molecule has 1 fully saturated rings. The summed E-state index contributed by atoms with van der Waals surface area (Å²) in [7, 11) is 0. The van der Waals surface area contributed by atoms with E-state index in [1.165, 1.54) is 0 Å². The highest BCUT2D eigenvalue weighted by molar-refractivity contribution is 7.07. The molecule has 0 unspecified atom stereocenters. The van der Waals surface area contributed by atoms with Gasteiger partial charge in [-0.25, -0.2) is 0 Å². The average molecular weight is 302 g/mol. The first-order valence-electron chi connectivity index (χ1n) is 7.09. The summed E-state index contributed by atoms with van der Waals surface area (Å²) in [5.74, 6) is 0.169. The Kier molecular flexibility index (Phi) is 4.31. The molecule has 0 spiro atoms. The summed E-state index contributed by atoms with van der Waals surface area (Å²) >= 11 is 1.60. The van der Waals surface area contributed by atoms with Gasteiger partial charge >= 0.3 is 0 Å². The van der Waals surface area contributed by atoms with Gasteiger partial charge in [-0.15, -0.1) is 0 Å². The number of likely N-dealkylation sites (tertiary alicyclic amines) is 1. The third kappa shape index (κ3) is 3.49. The fourth-order valence-electron chi connectivity index (χ4n) is 2.73. The summed E-state index contributed by atoms with van der Waals surface area (Å²) in [5, 5.41) is 14.1. The van der Waals surface area contributed by atoms with E-state index in [0.717, 1.165) is 11.3 Å². The maximum atomic E-state index is 12.3. The molecule has 5 heteroatoms. The lowest BCUT2D eigenvalue weighted by Crippen LogP contribution is -2.30. The van der Waals surface area contributed by atoms with Crippen LogP contribution in [0.2, 0.25) is 0 Å². The predicted molar refractivity (Wildman–Crippen MR) is 82.0 cm³/mol. The van der Waals surface area contributed by atoms with E-state index in [9.17, 15) is 9.90 Å². The second kappa shape index (κ2) is 6.37. The summed E-state index contributed by atoms with van der Waals surface area (Å²) in [6.45, 7) is 1.04. The molecule has 1 aliphatic rings. The first-order chi connectivity index (χ1) is 10.2. The van der Waals surface area contributed by atoms with Gasteiger partial charge in [0.15, 0.2) is 0 Å². The van der Waals surface area contributed by atoms with Gasteiger partial charge in [-0.1, -0.05) is 6.07 Å². The van der Waals surface area contributed by atoms with Gasteiger partial charge in [0.2, 0.25) is 5.91 Å². The molecule has 2 aromatic heterocycles. The lowest BCUT2D eigenvalue weighted by Gasteiger charge is -2.15. The van der Waals surface area contributed by atoms with Crippen molar-refractivity contribution in [2.45, 2.75) is 18.9 Å². The molecule has 2 aromatic rings. The Morgan fingerprint density at radius 1 is 1.38 bits per heavy atom. The molecule has 1 amide bonds. The van der Waals surface area contributed by atoms with Crippen LogP contribution in [0.4, 0.5) is 0 Å². The zero-order valence-corrected chi connectivity index (χ0v) is 12.5. The van der Waals surface area contributed by atoms with Gasteiger partial charge in [0.1, 0.15) is 0 Å². The quantitative estimate of drug-likeness (QED) is 0.936. The molecule has 1 N–H and O–H groups in total. The topological polar surface area (TPSA) is 53.4 Å². The molecule has 21 heavy (non-hydrogen) atoms. The second-order valence-electron chi connectivity index (χ2n) is 5.46. The highest BCUT2D eigenvalue weighted by atomic mass is 32.1. The Morgan fingerprint density at radius 2 is 2.29 bits per heavy atom. The Bertz CT molecular complexity index is 586. The number of pyridine rings is 1. The first kappa shape index (κ1) is 14.2. The SMILES string of the molecule is O=C(Cc1ccsc1)N1C[C@@H](Cc2ccccn2)[C@H](O)C1. The van der Waals surface area contributed by atoms with Gasteiger partial charge in [0.05, 0.1) is 12.5 Å². The minimum absolute atomic E-state index is 0.0753. The van der Waals surface area contributed by atoms with Crippen LogP contribution in [0, 0.1) is 5.92 Å². The normalized spacial score (nSPS) is 21.7. The van der Waals surface area contributed by atoms with Gasteiger partial charge in [-0.2, -0.15) is 11.3 Å². The van der Waals surface area contributed by atoms with E-state index in [2.05, 4.69) is 4.98 Å². The molecule has 1 saturated heterocycles. The van der Waals surface area contributed by atoms with E-state index in [-0.39, 0.29) is 11.8 Å². The van der Waals surface area contributed by atoms with Crippen molar-refractivity contribution in [1.82, 2.24) is 9.88 Å². The Labute approximate surface area is 128 Å². The number of amides is 1. The van der Waals surface area contributed by atoms with Crippen molar-refractivity contribution in [3.8, 4) is 0 Å². The number of aromatic nitrogens is 1. The maximum Gasteiger partial charge on any atom is 0.227 e. The van der Waals surface area contributed by atoms with Gasteiger partial charge in [-0.05, 0) is 40.9 Å². The monoisotopic (exact) mass is 302 g/mol. The molecule has 0 radical (unpaired) electrons. The molecule has 0 aliphatic carbocycles. The number of hydrogen-bond donors (Lipinski definition) is 1. The van der Waals surface area contributed by atoms with Crippen molar-refractivity contribution < 1.29 is 9.90 Å². The lowest BCUT2D eigenvalue weighted by molar-refractivity contribution is -0.129. The van der Waals surface area contributed by atoms with Crippen molar-refractivity contribution in [3.63, 3.8) is 0 Å². The molecule has 110 valence electrons. The fourth-order valence-corrected chi connectivity index (χ4v) is 3.39. The van der Waals surface area contributed by atoms with E-state index < -0.39 is 6.10 Å². The molecule has 4 nitrogen and oxygen atoms in total. The molecular formula is C16H18N2O2S. The van der Waals surface area contributed by atoms with E-state index in [1.807, 2.05) is 35.0 Å². The number of nitrogens with zero attached hydrogens (tertiary/aromatic N) is 2.